The summed E-state index contributed by atoms with van der Waals surface area (Å²) >= 11 is 2.07. The maximum Gasteiger partial charge on any atom is 0.00725 e. The highest BCUT2D eigenvalue weighted by Gasteiger charge is 2.18. The van der Waals surface area contributed by atoms with Crippen LogP contribution in [0.2, 0.25) is 0 Å². The predicted octanol–water partition coefficient (Wildman–Crippen LogP) is 2.45. The maximum absolute atomic E-state index is 3.56. The fraction of sp³-hybridized carbons (Fsp3) is 1.00. The molecule has 1 atom stereocenters. The summed E-state index contributed by atoms with van der Waals surface area (Å²) in [4.78, 5) is 2.66. The first-order valence-electron chi connectivity index (χ1n) is 6.87. The average Bonchev–Trinajstić information content (AvgIpc) is 2.30. The lowest BCUT2D eigenvalue weighted by Crippen LogP contribution is -2.40. The molecule has 0 aromatic carbocycles. The van der Waals surface area contributed by atoms with Gasteiger partial charge in [0.25, 0.3) is 0 Å². The molecule has 0 radical (unpaired) electrons. The van der Waals surface area contributed by atoms with Crippen LogP contribution in [0.5, 0.6) is 0 Å². The lowest BCUT2D eigenvalue weighted by Gasteiger charge is -2.32. The van der Waals surface area contributed by atoms with E-state index in [0.29, 0.717) is 0 Å². The van der Waals surface area contributed by atoms with Gasteiger partial charge in [0.15, 0.2) is 0 Å². The summed E-state index contributed by atoms with van der Waals surface area (Å²) in [5.41, 5.74) is 0. The summed E-state index contributed by atoms with van der Waals surface area (Å²) in [7, 11) is 0. The summed E-state index contributed by atoms with van der Waals surface area (Å²) in [6.45, 7) is 10.8. The third-order valence-electron chi connectivity index (χ3n) is 3.22. The molecule has 0 aromatic heterocycles. The molecule has 1 N–H and O–H groups in total. The van der Waals surface area contributed by atoms with E-state index in [4.69, 9.17) is 0 Å². The van der Waals surface area contributed by atoms with E-state index in [2.05, 4.69) is 35.8 Å². The Balaban J connectivity index is 2.09. The summed E-state index contributed by atoms with van der Waals surface area (Å²) in [5.74, 6) is 3.47. The van der Waals surface area contributed by atoms with Crippen LogP contribution in [0.3, 0.4) is 0 Å². The number of thioether (sulfide) groups is 1. The second-order valence-corrected chi connectivity index (χ2v) is 6.10. The second kappa shape index (κ2) is 9.32. The van der Waals surface area contributed by atoms with Crippen LogP contribution in [0.1, 0.15) is 33.1 Å². The number of likely N-dealkylation sites (tertiary alicyclic amines) is 1. The first-order valence-corrected chi connectivity index (χ1v) is 8.03. The van der Waals surface area contributed by atoms with E-state index in [1.165, 1.54) is 63.5 Å². The molecule has 1 unspecified atom stereocenters. The Bertz CT molecular complexity index is 148. The van der Waals surface area contributed by atoms with E-state index >= 15 is 0 Å². The molecule has 96 valence electrons. The van der Waals surface area contributed by atoms with E-state index in [1.807, 2.05) is 0 Å². The van der Waals surface area contributed by atoms with Crippen molar-refractivity contribution in [3.8, 4) is 0 Å². The SMILES string of the molecule is CCCNCC1CCCN(CCSCC)C1. The van der Waals surface area contributed by atoms with Gasteiger partial charge in [-0.1, -0.05) is 13.8 Å². The Morgan fingerprint density at radius 3 is 3.00 bits per heavy atom. The normalized spacial score (nSPS) is 22.5. The van der Waals surface area contributed by atoms with Crippen molar-refractivity contribution in [1.29, 1.82) is 0 Å². The zero-order valence-electron chi connectivity index (χ0n) is 11.0. The van der Waals surface area contributed by atoms with Crippen molar-refractivity contribution < 1.29 is 0 Å². The first-order chi connectivity index (χ1) is 7.86. The van der Waals surface area contributed by atoms with Crippen LogP contribution in [0.15, 0.2) is 0 Å². The zero-order valence-corrected chi connectivity index (χ0v) is 11.8. The molecule has 1 aliphatic heterocycles. The largest absolute Gasteiger partial charge is 0.316 e. The average molecular weight is 244 g/mol. The van der Waals surface area contributed by atoms with Gasteiger partial charge in [0, 0.05) is 18.8 Å². The van der Waals surface area contributed by atoms with Crippen LogP contribution in [0.25, 0.3) is 0 Å². The van der Waals surface area contributed by atoms with Gasteiger partial charge in [-0.25, -0.2) is 0 Å². The first kappa shape index (κ1) is 14.3. The molecule has 16 heavy (non-hydrogen) atoms. The number of nitrogens with one attached hydrogen (secondary N) is 1. The van der Waals surface area contributed by atoms with E-state index in [1.54, 1.807) is 0 Å². The predicted molar refractivity (Wildman–Crippen MR) is 75.3 cm³/mol. The molecule has 1 rings (SSSR count). The molecule has 1 aliphatic rings. The Kier molecular flexibility index (Phi) is 8.34. The minimum absolute atomic E-state index is 0.895. The summed E-state index contributed by atoms with van der Waals surface area (Å²) in [6, 6.07) is 0. The second-order valence-electron chi connectivity index (χ2n) is 4.71. The van der Waals surface area contributed by atoms with Gasteiger partial charge in [0.05, 0.1) is 0 Å². The Hall–Kier alpha value is 0.270. The van der Waals surface area contributed by atoms with Gasteiger partial charge < -0.3 is 10.2 Å². The molecule has 0 aromatic rings. The summed E-state index contributed by atoms with van der Waals surface area (Å²) in [6.07, 6.45) is 4.08. The maximum atomic E-state index is 3.56. The molecule has 1 heterocycles. The molecule has 0 bridgehead atoms. The van der Waals surface area contributed by atoms with Gasteiger partial charge in [-0.2, -0.15) is 11.8 Å². The van der Waals surface area contributed by atoms with Crippen molar-refractivity contribution in [1.82, 2.24) is 10.2 Å². The lowest BCUT2D eigenvalue weighted by atomic mass is 9.98. The van der Waals surface area contributed by atoms with Crippen LogP contribution in [0, 0.1) is 5.92 Å². The molecule has 1 fully saturated rings. The number of hydrogen-bond donors (Lipinski definition) is 1. The minimum atomic E-state index is 0.895. The topological polar surface area (TPSA) is 15.3 Å². The number of nitrogens with zero attached hydrogens (tertiary/aromatic N) is 1. The van der Waals surface area contributed by atoms with Gasteiger partial charge in [0.1, 0.15) is 0 Å². The van der Waals surface area contributed by atoms with E-state index in [9.17, 15) is 0 Å². The van der Waals surface area contributed by atoms with E-state index < -0.39 is 0 Å². The summed E-state index contributed by atoms with van der Waals surface area (Å²) < 4.78 is 0. The van der Waals surface area contributed by atoms with Crippen molar-refractivity contribution >= 4 is 11.8 Å². The fourth-order valence-corrected chi connectivity index (χ4v) is 3.02. The molecule has 0 amide bonds. The van der Waals surface area contributed by atoms with Gasteiger partial charge in [-0.3, -0.25) is 0 Å². The number of hydrogen-bond acceptors (Lipinski definition) is 3. The fourth-order valence-electron chi connectivity index (χ4n) is 2.34. The van der Waals surface area contributed by atoms with Gasteiger partial charge in [-0.05, 0) is 50.6 Å². The minimum Gasteiger partial charge on any atom is -0.316 e. The molecule has 0 spiro atoms. The molecule has 1 saturated heterocycles. The standard InChI is InChI=1S/C13H28N2S/c1-3-7-14-11-13-6-5-8-15(12-13)9-10-16-4-2/h13-14H,3-12H2,1-2H3. The Morgan fingerprint density at radius 1 is 1.38 bits per heavy atom. The quantitative estimate of drug-likeness (QED) is 0.660. The van der Waals surface area contributed by atoms with Crippen LogP contribution in [0.4, 0.5) is 0 Å². The Morgan fingerprint density at radius 2 is 2.25 bits per heavy atom. The highest BCUT2D eigenvalue weighted by molar-refractivity contribution is 7.99. The smallest absolute Gasteiger partial charge is 0.00725 e. The van der Waals surface area contributed by atoms with Crippen molar-refractivity contribution in [3.63, 3.8) is 0 Å². The number of rotatable bonds is 8. The molecular formula is C13H28N2S. The summed E-state index contributed by atoms with van der Waals surface area (Å²) in [5, 5.41) is 3.56. The molecule has 0 saturated carbocycles. The molecule has 2 nitrogen and oxygen atoms in total. The van der Waals surface area contributed by atoms with Crippen molar-refractivity contribution in [2.75, 3.05) is 44.2 Å². The Labute approximate surface area is 106 Å². The van der Waals surface area contributed by atoms with E-state index in [0.717, 1.165) is 5.92 Å². The van der Waals surface area contributed by atoms with Crippen LogP contribution >= 0.6 is 11.8 Å². The monoisotopic (exact) mass is 244 g/mol. The van der Waals surface area contributed by atoms with Gasteiger partial charge >= 0.3 is 0 Å². The van der Waals surface area contributed by atoms with Crippen LogP contribution in [-0.4, -0.2) is 49.1 Å². The third kappa shape index (κ3) is 6.12. The van der Waals surface area contributed by atoms with Crippen LogP contribution in [-0.2, 0) is 0 Å². The van der Waals surface area contributed by atoms with Gasteiger partial charge in [0.2, 0.25) is 0 Å². The molecule has 0 aliphatic carbocycles. The highest BCUT2D eigenvalue weighted by atomic mass is 32.2. The third-order valence-corrected chi connectivity index (χ3v) is 4.10. The van der Waals surface area contributed by atoms with Crippen molar-refractivity contribution in [2.24, 2.45) is 5.92 Å². The van der Waals surface area contributed by atoms with Crippen molar-refractivity contribution in [3.05, 3.63) is 0 Å². The zero-order chi connectivity index (χ0) is 11.6. The van der Waals surface area contributed by atoms with Gasteiger partial charge in [-0.15, -0.1) is 0 Å². The number of piperidine rings is 1. The van der Waals surface area contributed by atoms with Crippen LogP contribution < -0.4 is 5.32 Å². The van der Waals surface area contributed by atoms with E-state index in [-0.39, 0.29) is 0 Å². The lowest BCUT2D eigenvalue weighted by molar-refractivity contribution is 0.181. The highest BCUT2D eigenvalue weighted by Crippen LogP contribution is 2.16. The molecule has 3 heteroatoms. The molecular weight excluding hydrogens is 216 g/mol. The van der Waals surface area contributed by atoms with Crippen molar-refractivity contribution in [2.45, 2.75) is 33.1 Å².